The van der Waals surface area contributed by atoms with Crippen LogP contribution in [0.1, 0.15) is 136 Å². The number of benzene rings is 4. The summed E-state index contributed by atoms with van der Waals surface area (Å²) in [7, 11) is 6.20. The molecular formula is C62H100N4O8+4. The molecule has 0 aromatic heterocycles. The highest BCUT2D eigenvalue weighted by Crippen LogP contribution is 2.14. The molecule has 0 amide bonds. The zero-order valence-corrected chi connectivity index (χ0v) is 48.2. The number of rotatable bonds is 30. The van der Waals surface area contributed by atoms with Gasteiger partial charge in [0.05, 0.1) is 102 Å². The van der Waals surface area contributed by atoms with E-state index in [9.17, 15) is 19.2 Å². The van der Waals surface area contributed by atoms with Crippen LogP contribution in [0.5, 0.6) is 0 Å². The summed E-state index contributed by atoms with van der Waals surface area (Å²) < 4.78 is 25.3. The number of hydrogen-bond acceptors (Lipinski definition) is 8. The molecule has 0 saturated carbocycles. The van der Waals surface area contributed by atoms with Crippen molar-refractivity contribution < 1.29 is 56.1 Å². The molecule has 12 heteroatoms. The molecule has 4 rings (SSSR count). The molecule has 0 saturated heterocycles. The van der Waals surface area contributed by atoms with Gasteiger partial charge in [0, 0.05) is 0 Å². The van der Waals surface area contributed by atoms with Crippen LogP contribution in [0.15, 0.2) is 121 Å². The van der Waals surface area contributed by atoms with E-state index in [2.05, 4.69) is 83.5 Å². The Bertz CT molecular complexity index is 2050. The van der Waals surface area contributed by atoms with Gasteiger partial charge < -0.3 is 36.9 Å². The lowest BCUT2D eigenvalue weighted by Crippen LogP contribution is -2.51. The summed E-state index contributed by atoms with van der Waals surface area (Å²) in [6.45, 7) is 35.5. The fourth-order valence-electron chi connectivity index (χ4n) is 8.72. The Labute approximate surface area is 448 Å². The van der Waals surface area contributed by atoms with E-state index in [0.717, 1.165) is 89.9 Å². The Morgan fingerprint density at radius 1 is 0.311 bits per heavy atom. The second-order valence-electron chi connectivity index (χ2n) is 20.0. The molecule has 4 aromatic carbocycles. The average molecular weight is 1030 g/mol. The zero-order chi connectivity index (χ0) is 55.1. The monoisotopic (exact) mass is 1030 g/mol. The first-order valence-corrected chi connectivity index (χ1v) is 27.7. The number of ether oxygens (including phenoxy) is 4. The standard InChI is InChI=1S/C18H30NO2.C17H28NO2.C15H24NO2.C12H18NO2/c1-4-7-14-19(6-3,13-5-2)15-16-21-18(20)17-11-9-8-10-12-17;1-4-12-18(6-3,13-5-2)14-15-20-17(19)16-10-8-7-9-11-16;1-4-16(5-2,6-3)12-13-18-15(17)14-10-8-7-9-11-14;1-13(2,3)9-10-15-12(14)11-7-5-4-6-8-11/h8-12H,4-7,13-16H2,1-3H3;7-11H,4-6,12-15H2,1-3H3;7-11H,4-6,12-13H2,1-3H3;4-8H,9-10H2,1-3H3/q4*+1. The van der Waals surface area contributed by atoms with E-state index < -0.39 is 0 Å². The summed E-state index contributed by atoms with van der Waals surface area (Å²) in [6.07, 6.45) is 5.96. The van der Waals surface area contributed by atoms with Crippen LogP contribution in [-0.2, 0) is 18.9 Å². The van der Waals surface area contributed by atoms with E-state index in [1.54, 1.807) is 48.5 Å². The summed E-state index contributed by atoms with van der Waals surface area (Å²) >= 11 is 0. The smallest absolute Gasteiger partial charge is 0.338 e. The summed E-state index contributed by atoms with van der Waals surface area (Å²) in [4.78, 5) is 47.1. The van der Waals surface area contributed by atoms with Crippen molar-refractivity contribution in [1.29, 1.82) is 0 Å². The second-order valence-corrected chi connectivity index (χ2v) is 20.0. The number of esters is 4. The van der Waals surface area contributed by atoms with Gasteiger partial charge in [-0.1, -0.05) is 107 Å². The third kappa shape index (κ3) is 27.2. The van der Waals surface area contributed by atoms with E-state index in [4.69, 9.17) is 18.9 Å². The molecule has 74 heavy (non-hydrogen) atoms. The SMILES string of the molecule is CCCC[N+](CC)(CCC)CCOC(=O)c1ccccc1.CCC[N+](CC)(CCC)CCOC(=O)c1ccccc1.CC[N+](CC)(CC)CCOC(=O)c1ccccc1.C[N+](C)(C)CCOC(=O)c1ccccc1. The Balaban J connectivity index is 0.000000497. The van der Waals surface area contributed by atoms with E-state index in [-0.39, 0.29) is 23.9 Å². The molecule has 0 N–H and O–H groups in total. The minimum atomic E-state index is -0.246. The van der Waals surface area contributed by atoms with E-state index in [1.165, 1.54) is 45.2 Å². The van der Waals surface area contributed by atoms with Gasteiger partial charge >= 0.3 is 23.9 Å². The third-order valence-electron chi connectivity index (χ3n) is 13.9. The fraction of sp³-hybridized carbons (Fsp3) is 0.548. The van der Waals surface area contributed by atoms with Gasteiger partial charge in [-0.25, -0.2) is 19.2 Å². The number of quaternary nitrogens is 4. The van der Waals surface area contributed by atoms with Crippen LogP contribution >= 0.6 is 0 Å². The lowest BCUT2D eigenvalue weighted by Gasteiger charge is -2.37. The first-order valence-electron chi connectivity index (χ1n) is 27.7. The third-order valence-corrected chi connectivity index (χ3v) is 13.9. The van der Waals surface area contributed by atoms with E-state index in [0.29, 0.717) is 48.7 Å². The van der Waals surface area contributed by atoms with Crippen molar-refractivity contribution in [3.63, 3.8) is 0 Å². The van der Waals surface area contributed by atoms with Gasteiger partial charge in [-0.15, -0.1) is 0 Å². The molecule has 0 bridgehead atoms. The Morgan fingerprint density at radius 2 is 0.554 bits per heavy atom. The molecule has 1 unspecified atom stereocenters. The largest absolute Gasteiger partial charge is 0.456 e. The van der Waals surface area contributed by atoms with Crippen molar-refractivity contribution in [2.75, 3.05) is 133 Å². The average Bonchev–Trinajstić information content (AvgIpc) is 3.42. The van der Waals surface area contributed by atoms with Crippen LogP contribution in [0, 0.1) is 0 Å². The van der Waals surface area contributed by atoms with Gasteiger partial charge in [0.25, 0.3) is 0 Å². The van der Waals surface area contributed by atoms with Crippen molar-refractivity contribution in [2.45, 2.75) is 94.4 Å². The minimum Gasteiger partial charge on any atom is -0.456 e. The van der Waals surface area contributed by atoms with Gasteiger partial charge in [-0.3, -0.25) is 0 Å². The van der Waals surface area contributed by atoms with Crippen molar-refractivity contribution in [3.05, 3.63) is 144 Å². The maximum atomic E-state index is 12.0. The molecule has 0 heterocycles. The molecule has 0 aliphatic heterocycles. The lowest BCUT2D eigenvalue weighted by molar-refractivity contribution is -0.926. The topological polar surface area (TPSA) is 105 Å². The number of hydrogen-bond donors (Lipinski definition) is 0. The molecule has 4 aromatic rings. The maximum Gasteiger partial charge on any atom is 0.338 e. The Hall–Kier alpha value is -5.40. The van der Waals surface area contributed by atoms with Crippen molar-refractivity contribution in [3.8, 4) is 0 Å². The predicted molar refractivity (Wildman–Crippen MR) is 303 cm³/mol. The van der Waals surface area contributed by atoms with Crippen LogP contribution in [0.25, 0.3) is 0 Å². The quantitative estimate of drug-likeness (QED) is 0.0289. The van der Waals surface area contributed by atoms with E-state index >= 15 is 0 Å². The lowest BCUT2D eigenvalue weighted by atomic mass is 10.2. The van der Waals surface area contributed by atoms with Gasteiger partial charge in [0.15, 0.2) is 0 Å². The molecule has 0 fully saturated rings. The molecule has 1 atom stereocenters. The van der Waals surface area contributed by atoms with E-state index in [1.807, 2.05) is 72.8 Å². The number of carbonyl (C=O) groups is 4. The summed E-state index contributed by atoms with van der Waals surface area (Å²) in [5.74, 6) is -0.898. The normalized spacial score (nSPS) is 11.9. The summed E-state index contributed by atoms with van der Waals surface area (Å²) in [5.41, 5.74) is 2.50. The number of unbranched alkanes of at least 4 members (excludes halogenated alkanes) is 1. The van der Waals surface area contributed by atoms with Crippen molar-refractivity contribution in [2.24, 2.45) is 0 Å². The highest BCUT2D eigenvalue weighted by atomic mass is 16.5. The van der Waals surface area contributed by atoms with Crippen LogP contribution < -0.4 is 0 Å². The van der Waals surface area contributed by atoms with Crippen LogP contribution in [0.2, 0.25) is 0 Å². The second kappa shape index (κ2) is 38.2. The number of likely N-dealkylation sites (N-methyl/N-ethyl adjacent to an activating group) is 4. The minimum absolute atomic E-state index is 0.211. The van der Waals surface area contributed by atoms with Gasteiger partial charge in [-0.05, 0) is 109 Å². The first kappa shape index (κ1) is 66.6. The number of nitrogens with zero attached hydrogens (tertiary/aromatic N) is 4. The van der Waals surface area contributed by atoms with Crippen LogP contribution in [0.3, 0.4) is 0 Å². The molecule has 412 valence electrons. The molecule has 0 radical (unpaired) electrons. The fourth-order valence-corrected chi connectivity index (χ4v) is 8.72. The Morgan fingerprint density at radius 3 is 0.784 bits per heavy atom. The van der Waals surface area contributed by atoms with Crippen LogP contribution in [0.4, 0.5) is 0 Å². The molecule has 0 aliphatic rings. The van der Waals surface area contributed by atoms with Gasteiger partial charge in [-0.2, -0.15) is 0 Å². The zero-order valence-electron chi connectivity index (χ0n) is 48.2. The molecule has 0 spiro atoms. The van der Waals surface area contributed by atoms with Gasteiger partial charge in [0.1, 0.15) is 52.6 Å². The summed E-state index contributed by atoms with van der Waals surface area (Å²) in [5, 5.41) is 0. The maximum absolute atomic E-state index is 12.0. The van der Waals surface area contributed by atoms with Crippen molar-refractivity contribution >= 4 is 23.9 Å². The highest BCUT2D eigenvalue weighted by molar-refractivity contribution is 5.90. The molecule has 0 aliphatic carbocycles. The molecular weight excluding hydrogens is 929 g/mol. The highest BCUT2D eigenvalue weighted by Gasteiger charge is 2.26. The first-order chi connectivity index (χ1) is 35.5. The summed E-state index contributed by atoms with van der Waals surface area (Å²) in [6, 6.07) is 36.6. The number of carbonyl (C=O) groups excluding carboxylic acids is 4. The van der Waals surface area contributed by atoms with Gasteiger partial charge in [0.2, 0.25) is 0 Å². The molecule has 12 nitrogen and oxygen atoms in total. The van der Waals surface area contributed by atoms with Crippen molar-refractivity contribution in [1.82, 2.24) is 0 Å². The van der Waals surface area contributed by atoms with Crippen LogP contribution in [-0.4, -0.2) is 174 Å². The predicted octanol–water partition coefficient (Wildman–Crippen LogP) is 11.7. The Kier molecular flexibility index (Phi) is 34.4.